The van der Waals surface area contributed by atoms with Crippen LogP contribution < -0.4 is 11.5 Å². The number of hydrogen-bond donors (Lipinski definition) is 2. The Morgan fingerprint density at radius 3 is 2.71 bits per heavy atom. The van der Waals surface area contributed by atoms with E-state index in [1.807, 2.05) is 12.1 Å². The zero-order chi connectivity index (χ0) is 17.1. The molecule has 2 aromatic rings. The van der Waals surface area contributed by atoms with Crippen LogP contribution in [-0.2, 0) is 6.54 Å². The predicted molar refractivity (Wildman–Crippen MR) is 94.7 cm³/mol. The smallest absolute Gasteiger partial charge is 0.222 e. The monoisotopic (exact) mass is 322 g/mol. The molecule has 0 bridgehead atoms. The highest BCUT2D eigenvalue weighted by molar-refractivity contribution is 5.73. The van der Waals surface area contributed by atoms with Crippen LogP contribution in [0.1, 0.15) is 30.9 Å². The van der Waals surface area contributed by atoms with Crippen LogP contribution in [0.25, 0.3) is 11.3 Å². The second-order valence-corrected chi connectivity index (χ2v) is 6.46. The van der Waals surface area contributed by atoms with Gasteiger partial charge in [-0.05, 0) is 43.5 Å². The predicted octanol–water partition coefficient (Wildman–Crippen LogP) is 2.41. The Balaban J connectivity index is 1.87. The van der Waals surface area contributed by atoms with Gasteiger partial charge < -0.3 is 11.5 Å². The minimum Gasteiger partial charge on any atom is -0.382 e. The second kappa shape index (κ2) is 6.85. The van der Waals surface area contributed by atoms with Gasteiger partial charge in [-0.15, -0.1) is 0 Å². The fraction of sp³-hybridized carbons (Fsp3) is 0.389. The van der Waals surface area contributed by atoms with Gasteiger partial charge in [0.15, 0.2) is 0 Å². The van der Waals surface area contributed by atoms with Crippen molar-refractivity contribution in [2.24, 2.45) is 5.92 Å². The maximum Gasteiger partial charge on any atom is 0.222 e. The molecule has 124 valence electrons. The highest BCUT2D eigenvalue weighted by Crippen LogP contribution is 2.27. The van der Waals surface area contributed by atoms with Gasteiger partial charge in [0.2, 0.25) is 5.95 Å². The number of aromatic nitrogens is 2. The van der Waals surface area contributed by atoms with Crippen LogP contribution in [0.5, 0.6) is 0 Å². The minimum atomic E-state index is 0.0805. The highest BCUT2D eigenvalue weighted by Gasteiger charge is 2.17. The average molecular weight is 322 g/mol. The molecule has 4 N–H and O–H groups in total. The Hall–Kier alpha value is -2.65. The minimum absolute atomic E-state index is 0.0805. The van der Waals surface area contributed by atoms with E-state index in [-0.39, 0.29) is 17.3 Å². The number of nitrogen functional groups attached to an aromatic ring is 2. The Morgan fingerprint density at radius 1 is 1.25 bits per heavy atom. The lowest BCUT2D eigenvalue weighted by Crippen LogP contribution is -2.32. The van der Waals surface area contributed by atoms with E-state index in [2.05, 4.69) is 40.0 Å². The normalized spacial score (nSPS) is 16.0. The third kappa shape index (κ3) is 3.47. The van der Waals surface area contributed by atoms with Gasteiger partial charge >= 0.3 is 0 Å². The van der Waals surface area contributed by atoms with Gasteiger partial charge in [-0.2, -0.15) is 10.2 Å². The van der Waals surface area contributed by atoms with Crippen molar-refractivity contribution in [2.45, 2.75) is 26.3 Å². The topological polar surface area (TPSA) is 105 Å². The summed E-state index contributed by atoms with van der Waals surface area (Å²) in [5.41, 5.74) is 14.3. The largest absolute Gasteiger partial charge is 0.382 e. The Labute approximate surface area is 142 Å². The molecule has 1 aromatic carbocycles. The molecule has 6 nitrogen and oxygen atoms in total. The first kappa shape index (κ1) is 16.2. The van der Waals surface area contributed by atoms with E-state index in [1.54, 1.807) is 0 Å². The standard InChI is InChI=1S/C18H22N6/c1-12-5-7-24(8-6-12)11-13-3-2-4-14(9-13)16-15(10-19)17(20)23-18(21)22-16/h2-4,9,12H,5-8,11H2,1H3,(H4,20,21,22,23). The summed E-state index contributed by atoms with van der Waals surface area (Å²) in [4.78, 5) is 10.6. The van der Waals surface area contributed by atoms with E-state index in [1.165, 1.54) is 18.4 Å². The van der Waals surface area contributed by atoms with Gasteiger partial charge in [-0.1, -0.05) is 25.1 Å². The van der Waals surface area contributed by atoms with Crippen molar-refractivity contribution in [3.63, 3.8) is 0 Å². The summed E-state index contributed by atoms with van der Waals surface area (Å²) in [7, 11) is 0. The number of nitriles is 1. The lowest BCUT2D eigenvalue weighted by Gasteiger charge is -2.30. The summed E-state index contributed by atoms with van der Waals surface area (Å²) in [6, 6.07) is 10.1. The lowest BCUT2D eigenvalue weighted by atomic mass is 9.98. The zero-order valence-corrected chi connectivity index (χ0v) is 13.9. The van der Waals surface area contributed by atoms with Gasteiger partial charge in [-0.3, -0.25) is 4.90 Å². The number of hydrogen-bond acceptors (Lipinski definition) is 6. The molecule has 0 saturated carbocycles. The van der Waals surface area contributed by atoms with Gasteiger partial charge in [0.1, 0.15) is 17.5 Å². The third-order valence-electron chi connectivity index (χ3n) is 4.55. The molecule has 1 aliphatic rings. The summed E-state index contributed by atoms with van der Waals surface area (Å²) < 4.78 is 0. The van der Waals surface area contributed by atoms with E-state index >= 15 is 0 Å². The second-order valence-electron chi connectivity index (χ2n) is 6.46. The van der Waals surface area contributed by atoms with Crippen molar-refractivity contribution in [1.82, 2.24) is 14.9 Å². The number of piperidine rings is 1. The molecule has 0 spiro atoms. The number of nitrogens with two attached hydrogens (primary N) is 2. The Kier molecular flexibility index (Phi) is 4.63. The molecule has 0 unspecified atom stereocenters. The molecular formula is C18H22N6. The summed E-state index contributed by atoms with van der Waals surface area (Å²) in [6.45, 7) is 5.47. The molecular weight excluding hydrogens is 300 g/mol. The summed E-state index contributed by atoms with van der Waals surface area (Å²) in [5.74, 6) is 1.02. The third-order valence-corrected chi connectivity index (χ3v) is 4.55. The van der Waals surface area contributed by atoms with Crippen molar-refractivity contribution in [2.75, 3.05) is 24.6 Å². The first-order valence-corrected chi connectivity index (χ1v) is 8.21. The number of anilines is 2. The quantitative estimate of drug-likeness (QED) is 0.899. The van der Waals surface area contributed by atoms with Crippen molar-refractivity contribution in [3.8, 4) is 17.3 Å². The van der Waals surface area contributed by atoms with Crippen LogP contribution in [0.4, 0.5) is 11.8 Å². The molecule has 0 radical (unpaired) electrons. The summed E-state index contributed by atoms with van der Waals surface area (Å²) >= 11 is 0. The molecule has 3 rings (SSSR count). The van der Waals surface area contributed by atoms with Crippen LogP contribution in [0.2, 0.25) is 0 Å². The molecule has 1 aliphatic heterocycles. The fourth-order valence-electron chi connectivity index (χ4n) is 3.11. The molecule has 2 heterocycles. The number of benzene rings is 1. The first-order chi connectivity index (χ1) is 11.6. The maximum atomic E-state index is 9.35. The molecule has 1 saturated heterocycles. The van der Waals surface area contributed by atoms with Crippen LogP contribution in [-0.4, -0.2) is 28.0 Å². The average Bonchev–Trinajstić information content (AvgIpc) is 2.57. The van der Waals surface area contributed by atoms with E-state index < -0.39 is 0 Å². The van der Waals surface area contributed by atoms with Gasteiger partial charge in [-0.25, -0.2) is 4.98 Å². The van der Waals surface area contributed by atoms with E-state index in [9.17, 15) is 5.26 Å². The van der Waals surface area contributed by atoms with Crippen molar-refractivity contribution in [1.29, 1.82) is 5.26 Å². The molecule has 24 heavy (non-hydrogen) atoms. The molecule has 0 atom stereocenters. The maximum absolute atomic E-state index is 9.35. The lowest BCUT2D eigenvalue weighted by molar-refractivity contribution is 0.185. The van der Waals surface area contributed by atoms with Gasteiger partial charge in [0.05, 0.1) is 5.69 Å². The fourth-order valence-corrected chi connectivity index (χ4v) is 3.11. The van der Waals surface area contributed by atoms with E-state index in [4.69, 9.17) is 11.5 Å². The molecule has 1 fully saturated rings. The highest BCUT2D eigenvalue weighted by atomic mass is 15.1. The SMILES string of the molecule is CC1CCN(Cc2cccc(-c3nc(N)nc(N)c3C#N)c2)CC1. The van der Waals surface area contributed by atoms with Gasteiger partial charge in [0.25, 0.3) is 0 Å². The number of nitrogens with zero attached hydrogens (tertiary/aromatic N) is 4. The molecule has 0 amide bonds. The van der Waals surface area contributed by atoms with E-state index in [0.29, 0.717) is 5.69 Å². The van der Waals surface area contributed by atoms with E-state index in [0.717, 1.165) is 31.1 Å². The van der Waals surface area contributed by atoms with Crippen LogP contribution in [0, 0.1) is 17.2 Å². The van der Waals surface area contributed by atoms with Crippen LogP contribution in [0.15, 0.2) is 24.3 Å². The zero-order valence-electron chi connectivity index (χ0n) is 13.9. The van der Waals surface area contributed by atoms with Crippen molar-refractivity contribution < 1.29 is 0 Å². The van der Waals surface area contributed by atoms with Crippen molar-refractivity contribution >= 4 is 11.8 Å². The van der Waals surface area contributed by atoms with Gasteiger partial charge in [0, 0.05) is 12.1 Å². The van der Waals surface area contributed by atoms with Crippen LogP contribution in [0.3, 0.4) is 0 Å². The Morgan fingerprint density at radius 2 is 2.00 bits per heavy atom. The number of rotatable bonds is 3. The van der Waals surface area contributed by atoms with Crippen LogP contribution >= 0.6 is 0 Å². The number of likely N-dealkylation sites (tertiary alicyclic amines) is 1. The summed E-state index contributed by atoms with van der Waals surface area (Å²) in [5, 5.41) is 9.35. The Bertz CT molecular complexity index is 772. The molecule has 1 aromatic heterocycles. The summed E-state index contributed by atoms with van der Waals surface area (Å²) in [6.07, 6.45) is 2.49. The van der Waals surface area contributed by atoms with Crippen molar-refractivity contribution in [3.05, 3.63) is 35.4 Å². The molecule has 6 heteroatoms. The molecule has 0 aliphatic carbocycles. The first-order valence-electron chi connectivity index (χ1n) is 8.21.